The largest absolute Gasteiger partial charge is 0.346 e. The molecule has 148 valence electrons. The van der Waals surface area contributed by atoms with Crippen LogP contribution in [0.25, 0.3) is 0 Å². The molecule has 2 aromatic rings. The van der Waals surface area contributed by atoms with Crippen LogP contribution >= 0.6 is 11.3 Å². The highest BCUT2D eigenvalue weighted by molar-refractivity contribution is 7.13. The summed E-state index contributed by atoms with van der Waals surface area (Å²) in [5, 5.41) is 6.04. The predicted molar refractivity (Wildman–Crippen MR) is 112 cm³/mol. The molecule has 2 unspecified atom stereocenters. The zero-order chi connectivity index (χ0) is 19.7. The smallest absolute Gasteiger partial charge is 0.253 e. The van der Waals surface area contributed by atoms with Crippen LogP contribution in [0.3, 0.4) is 0 Å². The van der Waals surface area contributed by atoms with Crippen molar-refractivity contribution in [1.82, 2.24) is 9.88 Å². The first-order chi connectivity index (χ1) is 13.5. The second-order valence-electron chi connectivity index (χ2n) is 7.79. The molecule has 1 N–H and O–H groups in total. The highest BCUT2D eigenvalue weighted by atomic mass is 32.1. The number of carbonyl (C=O) groups is 2. The quantitative estimate of drug-likeness (QED) is 0.857. The number of thiazole rings is 1. The van der Waals surface area contributed by atoms with Crippen LogP contribution in [0.15, 0.2) is 29.6 Å². The Kier molecular flexibility index (Phi) is 5.35. The van der Waals surface area contributed by atoms with Crippen LogP contribution in [0.4, 0.5) is 10.8 Å². The van der Waals surface area contributed by atoms with Crippen LogP contribution in [0.5, 0.6) is 0 Å². The Balaban J connectivity index is 1.40. The number of hydrogen-bond donors (Lipinski definition) is 1. The van der Waals surface area contributed by atoms with E-state index in [4.69, 9.17) is 0 Å². The van der Waals surface area contributed by atoms with Gasteiger partial charge in [-0.3, -0.25) is 9.59 Å². The van der Waals surface area contributed by atoms with E-state index in [1.165, 1.54) is 0 Å². The molecule has 7 heteroatoms. The maximum absolute atomic E-state index is 13.0. The van der Waals surface area contributed by atoms with Crippen molar-refractivity contribution >= 4 is 34.0 Å². The molecule has 4 rings (SSSR count). The predicted octanol–water partition coefficient (Wildman–Crippen LogP) is 3.40. The Labute approximate surface area is 169 Å². The van der Waals surface area contributed by atoms with Gasteiger partial charge in [0.1, 0.15) is 0 Å². The van der Waals surface area contributed by atoms with Crippen LogP contribution in [0, 0.1) is 18.8 Å². The number of aromatic nitrogens is 1. The SMILES string of the molecule is Cc1csc(N2CCCN(C(=O)c3cccc(NC(=O)C4CC4C)c3)CC2)n1. The van der Waals surface area contributed by atoms with E-state index in [0.29, 0.717) is 23.7 Å². The number of anilines is 2. The fraction of sp³-hybridized carbons (Fsp3) is 0.476. The number of rotatable bonds is 4. The first-order valence-electron chi connectivity index (χ1n) is 9.88. The Morgan fingerprint density at radius 2 is 2.04 bits per heavy atom. The van der Waals surface area contributed by atoms with Crippen molar-refractivity contribution in [3.8, 4) is 0 Å². The molecule has 1 saturated heterocycles. The minimum Gasteiger partial charge on any atom is -0.346 e. The monoisotopic (exact) mass is 398 g/mol. The molecule has 6 nitrogen and oxygen atoms in total. The molecular formula is C21H26N4O2S. The van der Waals surface area contributed by atoms with Crippen LogP contribution in [-0.4, -0.2) is 47.9 Å². The summed E-state index contributed by atoms with van der Waals surface area (Å²) in [6, 6.07) is 7.29. The molecule has 1 saturated carbocycles. The van der Waals surface area contributed by atoms with E-state index in [1.54, 1.807) is 17.4 Å². The molecule has 0 bridgehead atoms. The van der Waals surface area contributed by atoms with E-state index >= 15 is 0 Å². The summed E-state index contributed by atoms with van der Waals surface area (Å²) < 4.78 is 0. The third kappa shape index (κ3) is 4.19. The lowest BCUT2D eigenvalue weighted by Crippen LogP contribution is -2.35. The van der Waals surface area contributed by atoms with Gasteiger partial charge in [0.25, 0.3) is 5.91 Å². The molecule has 2 amide bonds. The second kappa shape index (κ2) is 7.91. The third-order valence-electron chi connectivity index (χ3n) is 5.48. The van der Waals surface area contributed by atoms with E-state index < -0.39 is 0 Å². The van der Waals surface area contributed by atoms with Gasteiger partial charge in [-0.1, -0.05) is 13.0 Å². The highest BCUT2D eigenvalue weighted by Gasteiger charge is 2.39. The molecule has 1 aromatic carbocycles. The minimum absolute atomic E-state index is 0.0214. The number of carbonyl (C=O) groups excluding carboxylic acids is 2. The fourth-order valence-corrected chi connectivity index (χ4v) is 4.49. The molecule has 0 spiro atoms. The number of nitrogens with zero attached hydrogens (tertiary/aromatic N) is 3. The third-order valence-corrected chi connectivity index (χ3v) is 6.50. The Hall–Kier alpha value is -2.41. The van der Waals surface area contributed by atoms with Gasteiger partial charge >= 0.3 is 0 Å². The summed E-state index contributed by atoms with van der Waals surface area (Å²) in [5.41, 5.74) is 2.36. The van der Waals surface area contributed by atoms with E-state index in [9.17, 15) is 9.59 Å². The van der Waals surface area contributed by atoms with Crippen molar-refractivity contribution < 1.29 is 9.59 Å². The molecule has 1 aliphatic heterocycles. The zero-order valence-electron chi connectivity index (χ0n) is 16.4. The second-order valence-corrected chi connectivity index (χ2v) is 8.63. The molecule has 2 atom stereocenters. The van der Waals surface area contributed by atoms with Crippen molar-refractivity contribution in [3.63, 3.8) is 0 Å². The van der Waals surface area contributed by atoms with Crippen LogP contribution in [0.2, 0.25) is 0 Å². The molecule has 1 aliphatic carbocycles. The minimum atomic E-state index is 0.0214. The lowest BCUT2D eigenvalue weighted by Gasteiger charge is -2.22. The standard InChI is InChI=1S/C21H26N4O2S/c1-14-11-18(14)19(26)23-17-6-3-5-16(12-17)20(27)24-7-4-8-25(10-9-24)21-22-15(2)13-28-21/h3,5-6,12-14,18H,4,7-11H2,1-2H3,(H,23,26). The van der Waals surface area contributed by atoms with Gasteiger partial charge in [-0.2, -0.15) is 0 Å². The van der Waals surface area contributed by atoms with Gasteiger partial charge in [0.15, 0.2) is 5.13 Å². The summed E-state index contributed by atoms with van der Waals surface area (Å²) in [6.45, 7) is 7.19. The van der Waals surface area contributed by atoms with Crippen molar-refractivity contribution in [2.24, 2.45) is 11.8 Å². The number of aryl methyl sites for hydroxylation is 1. The number of benzene rings is 1. The summed E-state index contributed by atoms with van der Waals surface area (Å²) in [6.07, 6.45) is 1.87. The number of amides is 2. The lowest BCUT2D eigenvalue weighted by atomic mass is 10.1. The van der Waals surface area contributed by atoms with Crippen LogP contribution in [0.1, 0.15) is 35.8 Å². The van der Waals surface area contributed by atoms with Gasteiger partial charge in [-0.15, -0.1) is 11.3 Å². The Bertz CT molecular complexity index is 881. The Morgan fingerprint density at radius 3 is 2.75 bits per heavy atom. The first-order valence-corrected chi connectivity index (χ1v) is 10.8. The van der Waals surface area contributed by atoms with Crippen molar-refractivity contribution in [2.75, 3.05) is 36.4 Å². The van der Waals surface area contributed by atoms with Gasteiger partial charge in [-0.05, 0) is 43.9 Å². The Morgan fingerprint density at radius 1 is 1.21 bits per heavy atom. The average molecular weight is 399 g/mol. The van der Waals surface area contributed by atoms with E-state index in [1.807, 2.05) is 30.0 Å². The first kappa shape index (κ1) is 18.9. The summed E-state index contributed by atoms with van der Waals surface area (Å²) in [5.74, 6) is 0.659. The van der Waals surface area contributed by atoms with Crippen molar-refractivity contribution in [3.05, 3.63) is 40.9 Å². The van der Waals surface area contributed by atoms with Crippen molar-refractivity contribution in [1.29, 1.82) is 0 Å². The molecule has 2 fully saturated rings. The van der Waals surface area contributed by atoms with Gasteiger partial charge < -0.3 is 15.1 Å². The van der Waals surface area contributed by atoms with Gasteiger partial charge in [-0.25, -0.2) is 4.98 Å². The topological polar surface area (TPSA) is 65.5 Å². The normalized spacial score (nSPS) is 21.9. The van der Waals surface area contributed by atoms with Crippen molar-refractivity contribution in [2.45, 2.75) is 26.7 Å². The zero-order valence-corrected chi connectivity index (χ0v) is 17.2. The fourth-order valence-electron chi connectivity index (χ4n) is 3.63. The van der Waals surface area contributed by atoms with E-state index in [-0.39, 0.29) is 17.7 Å². The van der Waals surface area contributed by atoms with Crippen LogP contribution < -0.4 is 10.2 Å². The van der Waals surface area contributed by atoms with E-state index in [2.05, 4.69) is 27.5 Å². The molecule has 1 aromatic heterocycles. The maximum atomic E-state index is 13.0. The summed E-state index contributed by atoms with van der Waals surface area (Å²) in [7, 11) is 0. The maximum Gasteiger partial charge on any atom is 0.253 e. The molecule has 0 radical (unpaired) electrons. The molecule has 2 aliphatic rings. The highest BCUT2D eigenvalue weighted by Crippen LogP contribution is 2.38. The average Bonchev–Trinajstić information content (AvgIpc) is 3.35. The van der Waals surface area contributed by atoms with Crippen LogP contribution in [-0.2, 0) is 4.79 Å². The lowest BCUT2D eigenvalue weighted by molar-refractivity contribution is -0.117. The summed E-state index contributed by atoms with van der Waals surface area (Å²) in [4.78, 5) is 33.9. The van der Waals surface area contributed by atoms with E-state index in [0.717, 1.165) is 43.3 Å². The molecule has 2 heterocycles. The number of nitrogens with one attached hydrogen (secondary N) is 1. The van der Waals surface area contributed by atoms with Gasteiger partial charge in [0.2, 0.25) is 5.91 Å². The van der Waals surface area contributed by atoms with Gasteiger partial charge in [0.05, 0.1) is 5.69 Å². The molecule has 28 heavy (non-hydrogen) atoms. The molecular weight excluding hydrogens is 372 g/mol. The number of hydrogen-bond acceptors (Lipinski definition) is 5. The van der Waals surface area contributed by atoms with Gasteiger partial charge in [0, 0.05) is 48.7 Å². The summed E-state index contributed by atoms with van der Waals surface area (Å²) >= 11 is 1.66.